The van der Waals surface area contributed by atoms with Crippen molar-refractivity contribution in [1.29, 1.82) is 0 Å². The summed E-state index contributed by atoms with van der Waals surface area (Å²) in [6.07, 6.45) is 7.22. The van der Waals surface area contributed by atoms with Gasteiger partial charge in [-0.05, 0) is 46.3 Å². The standard InChI is InChI=1S/C24H20FN3OS/c25-21-9-7-18(8-10-21)14-22(23-6-3-13-30-23)24(29)27-15-19-4-1-2-5-20(19)16-28-12-11-26-17-28/h1-14,17H,15-16H2,(H,27,29)/b22-14+. The Kier molecular flexibility index (Phi) is 6.15. The Morgan fingerprint density at radius 3 is 2.57 bits per heavy atom. The molecule has 0 aliphatic carbocycles. The number of imidazole rings is 1. The fourth-order valence-corrected chi connectivity index (χ4v) is 3.88. The molecule has 4 rings (SSSR count). The van der Waals surface area contributed by atoms with Crippen LogP contribution in [0.3, 0.4) is 0 Å². The summed E-state index contributed by atoms with van der Waals surface area (Å²) in [6.45, 7) is 1.10. The molecule has 0 aliphatic heterocycles. The first-order valence-electron chi connectivity index (χ1n) is 9.51. The van der Waals surface area contributed by atoms with Crippen LogP contribution in [0.5, 0.6) is 0 Å². The maximum atomic E-state index is 13.2. The lowest BCUT2D eigenvalue weighted by Gasteiger charge is -2.12. The number of thiophene rings is 1. The van der Waals surface area contributed by atoms with Crippen LogP contribution in [0, 0.1) is 5.82 Å². The minimum absolute atomic E-state index is 0.167. The summed E-state index contributed by atoms with van der Waals surface area (Å²) in [4.78, 5) is 18.0. The van der Waals surface area contributed by atoms with Gasteiger partial charge in [-0.1, -0.05) is 42.5 Å². The molecule has 150 valence electrons. The Morgan fingerprint density at radius 2 is 1.87 bits per heavy atom. The summed E-state index contributed by atoms with van der Waals surface area (Å²) in [7, 11) is 0. The number of rotatable bonds is 7. The minimum Gasteiger partial charge on any atom is -0.348 e. The van der Waals surface area contributed by atoms with E-state index in [2.05, 4.69) is 16.4 Å². The molecule has 4 nitrogen and oxygen atoms in total. The van der Waals surface area contributed by atoms with Crippen LogP contribution in [0.2, 0.25) is 0 Å². The largest absolute Gasteiger partial charge is 0.348 e. The molecule has 0 bridgehead atoms. The van der Waals surface area contributed by atoms with Gasteiger partial charge in [0, 0.05) is 30.4 Å². The number of aromatic nitrogens is 2. The fourth-order valence-electron chi connectivity index (χ4n) is 3.14. The van der Waals surface area contributed by atoms with E-state index in [1.54, 1.807) is 30.7 Å². The number of amides is 1. The molecule has 0 fully saturated rings. The Hall–Kier alpha value is -3.51. The van der Waals surface area contributed by atoms with Gasteiger partial charge in [0.05, 0.1) is 11.9 Å². The highest BCUT2D eigenvalue weighted by Crippen LogP contribution is 2.24. The second-order valence-corrected chi connectivity index (χ2v) is 7.72. The van der Waals surface area contributed by atoms with Crippen molar-refractivity contribution in [3.05, 3.63) is 112 Å². The van der Waals surface area contributed by atoms with Crippen molar-refractivity contribution in [3.63, 3.8) is 0 Å². The van der Waals surface area contributed by atoms with Crippen LogP contribution in [0.1, 0.15) is 21.6 Å². The number of carbonyl (C=O) groups is 1. The van der Waals surface area contributed by atoms with Crippen molar-refractivity contribution < 1.29 is 9.18 Å². The molecule has 0 unspecified atom stereocenters. The molecule has 2 aromatic carbocycles. The number of halogens is 1. The van der Waals surface area contributed by atoms with E-state index in [0.29, 0.717) is 18.7 Å². The number of carbonyl (C=O) groups excluding carboxylic acids is 1. The summed E-state index contributed by atoms with van der Waals surface area (Å²) >= 11 is 1.50. The first kappa shape index (κ1) is 19.8. The molecule has 0 aliphatic rings. The molecule has 1 N–H and O–H groups in total. The van der Waals surface area contributed by atoms with Crippen molar-refractivity contribution in [2.24, 2.45) is 0 Å². The molecule has 6 heteroatoms. The fraction of sp³-hybridized carbons (Fsp3) is 0.0833. The average Bonchev–Trinajstić information content (AvgIpc) is 3.47. The van der Waals surface area contributed by atoms with E-state index in [-0.39, 0.29) is 11.7 Å². The molecule has 1 amide bonds. The zero-order chi connectivity index (χ0) is 20.8. The van der Waals surface area contributed by atoms with Crippen LogP contribution in [0.4, 0.5) is 4.39 Å². The van der Waals surface area contributed by atoms with E-state index in [1.807, 2.05) is 46.5 Å². The van der Waals surface area contributed by atoms with Gasteiger partial charge in [-0.3, -0.25) is 4.79 Å². The Labute approximate surface area is 178 Å². The maximum absolute atomic E-state index is 13.2. The highest BCUT2D eigenvalue weighted by atomic mass is 32.1. The number of hydrogen-bond acceptors (Lipinski definition) is 3. The zero-order valence-corrected chi connectivity index (χ0v) is 17.0. The molecule has 2 aromatic heterocycles. The molecule has 30 heavy (non-hydrogen) atoms. The summed E-state index contributed by atoms with van der Waals surface area (Å²) in [5.41, 5.74) is 3.50. The SMILES string of the molecule is O=C(NCc1ccccc1Cn1ccnc1)/C(=C/c1ccc(F)cc1)c1cccs1. The number of hydrogen-bond donors (Lipinski definition) is 1. The molecule has 0 radical (unpaired) electrons. The first-order valence-corrected chi connectivity index (χ1v) is 10.4. The van der Waals surface area contributed by atoms with E-state index in [0.717, 1.165) is 21.6 Å². The lowest BCUT2D eigenvalue weighted by Crippen LogP contribution is -2.24. The third kappa shape index (κ3) is 4.90. The topological polar surface area (TPSA) is 46.9 Å². The molecular weight excluding hydrogens is 397 g/mol. The Balaban J connectivity index is 1.53. The van der Waals surface area contributed by atoms with Gasteiger partial charge in [0.25, 0.3) is 5.91 Å². The lowest BCUT2D eigenvalue weighted by atomic mass is 10.1. The predicted octanol–water partition coefficient (Wildman–Crippen LogP) is 4.99. The number of benzene rings is 2. The van der Waals surface area contributed by atoms with Gasteiger partial charge in [-0.2, -0.15) is 0 Å². The molecular formula is C24H20FN3OS. The molecule has 2 heterocycles. The Morgan fingerprint density at radius 1 is 1.07 bits per heavy atom. The first-order chi connectivity index (χ1) is 14.7. The molecule has 0 saturated heterocycles. The van der Waals surface area contributed by atoms with Crippen LogP contribution in [0.25, 0.3) is 11.6 Å². The second-order valence-electron chi connectivity index (χ2n) is 6.77. The van der Waals surface area contributed by atoms with Crippen molar-refractivity contribution >= 4 is 28.9 Å². The van der Waals surface area contributed by atoms with Crippen molar-refractivity contribution in [2.75, 3.05) is 0 Å². The van der Waals surface area contributed by atoms with Crippen molar-refractivity contribution in [2.45, 2.75) is 13.1 Å². The van der Waals surface area contributed by atoms with E-state index >= 15 is 0 Å². The predicted molar refractivity (Wildman–Crippen MR) is 118 cm³/mol. The van der Waals surface area contributed by atoms with Gasteiger partial charge in [-0.15, -0.1) is 11.3 Å². The Bertz CT molecular complexity index is 1130. The van der Waals surface area contributed by atoms with Gasteiger partial charge in [-0.25, -0.2) is 9.37 Å². The van der Waals surface area contributed by atoms with Gasteiger partial charge < -0.3 is 9.88 Å². The highest BCUT2D eigenvalue weighted by Gasteiger charge is 2.14. The molecule has 0 spiro atoms. The summed E-state index contributed by atoms with van der Waals surface area (Å²) in [5.74, 6) is -0.469. The van der Waals surface area contributed by atoms with E-state index in [1.165, 1.54) is 23.5 Å². The van der Waals surface area contributed by atoms with Crippen LogP contribution >= 0.6 is 11.3 Å². The van der Waals surface area contributed by atoms with Crippen LogP contribution in [-0.2, 0) is 17.9 Å². The number of nitrogens with one attached hydrogen (secondary N) is 1. The van der Waals surface area contributed by atoms with Crippen LogP contribution in [-0.4, -0.2) is 15.5 Å². The molecule has 0 atom stereocenters. The zero-order valence-electron chi connectivity index (χ0n) is 16.2. The summed E-state index contributed by atoms with van der Waals surface area (Å²) in [6, 6.07) is 17.9. The van der Waals surface area contributed by atoms with Gasteiger partial charge in [0.1, 0.15) is 5.82 Å². The van der Waals surface area contributed by atoms with Gasteiger partial charge in [0.2, 0.25) is 0 Å². The maximum Gasteiger partial charge on any atom is 0.253 e. The van der Waals surface area contributed by atoms with E-state index in [4.69, 9.17) is 0 Å². The normalized spacial score (nSPS) is 11.4. The monoisotopic (exact) mass is 417 g/mol. The van der Waals surface area contributed by atoms with Crippen LogP contribution < -0.4 is 5.32 Å². The van der Waals surface area contributed by atoms with Crippen molar-refractivity contribution in [3.8, 4) is 0 Å². The minimum atomic E-state index is -0.302. The van der Waals surface area contributed by atoms with Crippen LogP contribution in [0.15, 0.2) is 84.8 Å². The second kappa shape index (κ2) is 9.33. The van der Waals surface area contributed by atoms with Gasteiger partial charge in [0.15, 0.2) is 0 Å². The summed E-state index contributed by atoms with van der Waals surface area (Å²) < 4.78 is 15.2. The third-order valence-electron chi connectivity index (χ3n) is 4.68. The lowest BCUT2D eigenvalue weighted by molar-refractivity contribution is -0.115. The molecule has 0 saturated carbocycles. The van der Waals surface area contributed by atoms with E-state index in [9.17, 15) is 9.18 Å². The average molecular weight is 418 g/mol. The number of nitrogens with zero attached hydrogens (tertiary/aromatic N) is 2. The molecule has 4 aromatic rings. The van der Waals surface area contributed by atoms with E-state index < -0.39 is 0 Å². The van der Waals surface area contributed by atoms with Crippen molar-refractivity contribution in [1.82, 2.24) is 14.9 Å². The third-order valence-corrected chi connectivity index (χ3v) is 5.59. The highest BCUT2D eigenvalue weighted by molar-refractivity contribution is 7.11. The quantitative estimate of drug-likeness (QED) is 0.431. The summed E-state index contributed by atoms with van der Waals surface area (Å²) in [5, 5.41) is 4.97. The van der Waals surface area contributed by atoms with Gasteiger partial charge >= 0.3 is 0 Å². The smallest absolute Gasteiger partial charge is 0.253 e.